The molecule has 3 aromatic carbocycles. The molecule has 0 saturated heterocycles. The van der Waals surface area contributed by atoms with Crippen LogP contribution in [0.4, 0.5) is 23.0 Å². The first kappa shape index (κ1) is 29.2. The first-order valence-corrected chi connectivity index (χ1v) is 13.0. The third-order valence-corrected chi connectivity index (χ3v) is 7.01. The van der Waals surface area contributed by atoms with Crippen molar-refractivity contribution in [2.45, 2.75) is 14.4 Å². The molecule has 5 aromatic rings. The van der Waals surface area contributed by atoms with Crippen molar-refractivity contribution in [3.63, 3.8) is 0 Å². The topological polar surface area (TPSA) is 105 Å². The van der Waals surface area contributed by atoms with E-state index in [1.54, 1.807) is 6.07 Å². The molecule has 10 heteroatoms. The van der Waals surface area contributed by atoms with Gasteiger partial charge < -0.3 is 19.7 Å². The summed E-state index contributed by atoms with van der Waals surface area (Å²) in [6, 6.07) is 21.7. The summed E-state index contributed by atoms with van der Waals surface area (Å²) in [5.74, 6) is 0.823. The molecule has 2 heterocycles. The maximum absolute atomic E-state index is 12.0. The molecule has 41 heavy (non-hydrogen) atoms. The number of anilines is 3. The number of fused-ring (bicyclic) bond motifs is 1. The number of hydrogen-bond acceptors (Lipinski definition) is 8. The molecule has 0 aliphatic heterocycles. The SMILES string of the molecule is C.Cc1cc(N(C)CCN(C)C)c([N+](=O)[O-])cc1Nc1ncnc(-c2c(-c3ccccc3)n(C)c3ccccc23)n1. The van der Waals surface area contributed by atoms with Crippen LogP contribution in [-0.2, 0) is 7.05 Å². The number of nitrogens with one attached hydrogen (secondary N) is 1. The smallest absolute Gasteiger partial charge is 0.294 e. The summed E-state index contributed by atoms with van der Waals surface area (Å²) in [7, 11) is 7.86. The second-order valence-electron chi connectivity index (χ2n) is 10.1. The molecule has 0 unspecified atom stereocenters. The first-order valence-electron chi connectivity index (χ1n) is 13.0. The summed E-state index contributed by atoms with van der Waals surface area (Å²) in [4.78, 5) is 29.3. The van der Waals surface area contributed by atoms with Crippen LogP contribution in [0.3, 0.4) is 0 Å². The monoisotopic (exact) mass is 552 g/mol. The summed E-state index contributed by atoms with van der Waals surface area (Å²) in [6.45, 7) is 3.35. The van der Waals surface area contributed by atoms with Crippen molar-refractivity contribution in [3.05, 3.63) is 88.7 Å². The largest absolute Gasteiger partial charge is 0.368 e. The number of nitro benzene ring substituents is 1. The molecule has 0 saturated carbocycles. The summed E-state index contributed by atoms with van der Waals surface area (Å²) in [6.07, 6.45) is 1.47. The second kappa shape index (κ2) is 12.1. The highest BCUT2D eigenvalue weighted by molar-refractivity contribution is 6.03. The molecule has 0 bridgehead atoms. The van der Waals surface area contributed by atoms with Crippen LogP contribution >= 0.6 is 0 Å². The van der Waals surface area contributed by atoms with E-state index in [2.05, 4.69) is 44.1 Å². The second-order valence-corrected chi connectivity index (χ2v) is 10.1. The fraction of sp³-hybridized carbons (Fsp3) is 0.258. The van der Waals surface area contributed by atoms with Crippen molar-refractivity contribution in [3.8, 4) is 22.6 Å². The van der Waals surface area contributed by atoms with Crippen LogP contribution in [-0.4, -0.2) is 63.6 Å². The van der Waals surface area contributed by atoms with Gasteiger partial charge in [0, 0.05) is 44.2 Å². The lowest BCUT2D eigenvalue weighted by molar-refractivity contribution is -0.384. The van der Waals surface area contributed by atoms with Gasteiger partial charge in [-0.3, -0.25) is 10.1 Å². The van der Waals surface area contributed by atoms with Crippen LogP contribution in [0.5, 0.6) is 0 Å². The molecule has 0 amide bonds. The van der Waals surface area contributed by atoms with E-state index >= 15 is 0 Å². The van der Waals surface area contributed by atoms with E-state index in [1.807, 2.05) is 81.3 Å². The molecule has 2 aromatic heterocycles. The van der Waals surface area contributed by atoms with E-state index in [0.29, 0.717) is 29.7 Å². The quantitative estimate of drug-likeness (QED) is 0.168. The Morgan fingerprint density at radius 3 is 2.39 bits per heavy atom. The fourth-order valence-corrected chi connectivity index (χ4v) is 4.89. The van der Waals surface area contributed by atoms with E-state index in [9.17, 15) is 10.1 Å². The van der Waals surface area contributed by atoms with E-state index in [0.717, 1.165) is 39.8 Å². The zero-order valence-electron chi connectivity index (χ0n) is 23.3. The normalized spacial score (nSPS) is 11.0. The molecule has 10 nitrogen and oxygen atoms in total. The number of rotatable bonds is 9. The predicted octanol–water partition coefficient (Wildman–Crippen LogP) is 6.29. The molecule has 0 aliphatic carbocycles. The molecule has 212 valence electrons. The van der Waals surface area contributed by atoms with Gasteiger partial charge in [0.2, 0.25) is 5.95 Å². The lowest BCUT2D eigenvalue weighted by Crippen LogP contribution is -2.29. The van der Waals surface area contributed by atoms with Crippen LogP contribution in [0.25, 0.3) is 33.5 Å². The van der Waals surface area contributed by atoms with Gasteiger partial charge in [-0.25, -0.2) is 9.97 Å². The van der Waals surface area contributed by atoms with Gasteiger partial charge in [-0.05, 0) is 44.3 Å². The van der Waals surface area contributed by atoms with Gasteiger partial charge in [0.1, 0.15) is 12.0 Å². The lowest BCUT2D eigenvalue weighted by Gasteiger charge is -2.22. The number of para-hydroxylation sites is 1. The van der Waals surface area contributed by atoms with Gasteiger partial charge in [-0.15, -0.1) is 0 Å². The summed E-state index contributed by atoms with van der Waals surface area (Å²) in [5, 5.41) is 16.2. The summed E-state index contributed by atoms with van der Waals surface area (Å²) in [5.41, 5.74) is 5.99. The fourth-order valence-electron chi connectivity index (χ4n) is 4.89. The number of aryl methyl sites for hydroxylation is 2. The highest BCUT2D eigenvalue weighted by Gasteiger charge is 2.22. The Kier molecular flexibility index (Phi) is 8.63. The molecule has 0 fully saturated rings. The van der Waals surface area contributed by atoms with Crippen molar-refractivity contribution in [1.82, 2.24) is 24.4 Å². The van der Waals surface area contributed by atoms with Crippen LogP contribution in [0.15, 0.2) is 73.1 Å². The molecular formula is C31H36N8O2. The average Bonchev–Trinajstić information content (AvgIpc) is 3.25. The highest BCUT2D eigenvalue weighted by Crippen LogP contribution is 2.39. The van der Waals surface area contributed by atoms with Crippen LogP contribution in [0.2, 0.25) is 0 Å². The van der Waals surface area contributed by atoms with E-state index < -0.39 is 0 Å². The third kappa shape index (κ3) is 5.87. The number of benzene rings is 3. The van der Waals surface area contributed by atoms with Crippen molar-refractivity contribution in [2.24, 2.45) is 7.05 Å². The van der Waals surface area contributed by atoms with Crippen molar-refractivity contribution in [1.29, 1.82) is 0 Å². The maximum Gasteiger partial charge on any atom is 0.294 e. The molecule has 0 aliphatic rings. The zero-order valence-corrected chi connectivity index (χ0v) is 23.3. The van der Waals surface area contributed by atoms with Crippen LogP contribution < -0.4 is 10.2 Å². The molecule has 1 N–H and O–H groups in total. The van der Waals surface area contributed by atoms with Crippen LogP contribution in [0, 0.1) is 17.0 Å². The van der Waals surface area contributed by atoms with Gasteiger partial charge in [0.05, 0.1) is 21.9 Å². The average molecular weight is 553 g/mol. The van der Waals surface area contributed by atoms with Gasteiger partial charge in [-0.1, -0.05) is 56.0 Å². The Labute approximate surface area is 240 Å². The standard InChI is InChI=1S/C30H32N8O2.CH4/c1-20-17-25(36(4)16-15-35(2)3)26(38(39)40)18-23(20)33-30-32-19-31-29(34-30)27-22-13-9-10-14-24(22)37(5)28(27)21-11-7-6-8-12-21;/h6-14,17-19H,15-16H2,1-5H3,(H,31,32,33,34);1H4. The number of nitro groups is 1. The lowest BCUT2D eigenvalue weighted by atomic mass is 10.0. The van der Waals surface area contributed by atoms with E-state index in [4.69, 9.17) is 4.98 Å². The van der Waals surface area contributed by atoms with E-state index in [1.165, 1.54) is 6.33 Å². The van der Waals surface area contributed by atoms with Crippen molar-refractivity contribution < 1.29 is 4.92 Å². The Hall–Kier alpha value is -4.83. The molecular weight excluding hydrogens is 516 g/mol. The van der Waals surface area contributed by atoms with Crippen molar-refractivity contribution >= 4 is 33.9 Å². The van der Waals surface area contributed by atoms with Gasteiger partial charge >= 0.3 is 0 Å². The minimum Gasteiger partial charge on any atom is -0.368 e. The maximum atomic E-state index is 12.0. The van der Waals surface area contributed by atoms with Crippen molar-refractivity contribution in [2.75, 3.05) is 44.4 Å². The minimum absolute atomic E-state index is 0. The minimum atomic E-state index is -0.354. The zero-order chi connectivity index (χ0) is 28.4. The number of likely N-dealkylation sites (N-methyl/N-ethyl adjacent to an activating group) is 2. The van der Waals surface area contributed by atoms with Gasteiger partial charge in [0.25, 0.3) is 5.69 Å². The van der Waals surface area contributed by atoms with Crippen LogP contribution in [0.1, 0.15) is 13.0 Å². The number of nitrogens with zero attached hydrogens (tertiary/aromatic N) is 7. The Morgan fingerprint density at radius 2 is 1.68 bits per heavy atom. The molecule has 0 radical (unpaired) electrons. The highest BCUT2D eigenvalue weighted by atomic mass is 16.6. The molecule has 0 atom stereocenters. The first-order chi connectivity index (χ1) is 19.2. The Bertz CT molecular complexity index is 1680. The predicted molar refractivity (Wildman–Crippen MR) is 167 cm³/mol. The van der Waals surface area contributed by atoms with Gasteiger partial charge in [-0.2, -0.15) is 4.98 Å². The Morgan fingerprint density at radius 1 is 0.976 bits per heavy atom. The summed E-state index contributed by atoms with van der Waals surface area (Å²) < 4.78 is 2.15. The van der Waals surface area contributed by atoms with Gasteiger partial charge in [0.15, 0.2) is 5.82 Å². The summed E-state index contributed by atoms with van der Waals surface area (Å²) >= 11 is 0. The Balaban J connectivity index is 0.00000387. The molecule has 5 rings (SSSR count). The number of hydrogen-bond donors (Lipinski definition) is 1. The third-order valence-electron chi connectivity index (χ3n) is 7.01. The number of aromatic nitrogens is 4. The van der Waals surface area contributed by atoms with E-state index in [-0.39, 0.29) is 18.0 Å². The molecule has 0 spiro atoms.